The molecule has 0 saturated heterocycles. The van der Waals surface area contributed by atoms with Gasteiger partial charge in [0.1, 0.15) is 0 Å². The summed E-state index contributed by atoms with van der Waals surface area (Å²) in [6.07, 6.45) is -4.31. The predicted molar refractivity (Wildman–Crippen MR) is 62.5 cm³/mol. The van der Waals surface area contributed by atoms with E-state index in [-0.39, 0.29) is 0 Å². The maximum atomic E-state index is 12.5. The first-order chi connectivity index (χ1) is 7.29. The summed E-state index contributed by atoms with van der Waals surface area (Å²) >= 11 is 3.07. The van der Waals surface area contributed by atoms with Crippen molar-refractivity contribution in [2.75, 3.05) is 11.9 Å². The van der Waals surface area contributed by atoms with Crippen LogP contribution in [0.5, 0.6) is 0 Å². The van der Waals surface area contributed by atoms with E-state index in [0.29, 0.717) is 22.6 Å². The Hall–Kier alpha value is -0.710. The second-order valence-corrected chi connectivity index (χ2v) is 4.92. The molecule has 0 aliphatic carbocycles. The Labute approximate surface area is 101 Å². The molecule has 90 valence electrons. The van der Waals surface area contributed by atoms with Crippen LogP contribution in [0.4, 0.5) is 18.9 Å². The molecule has 1 nitrogen and oxygen atoms in total. The molecule has 1 aromatic carbocycles. The second-order valence-electron chi connectivity index (χ2n) is 4.00. The first-order valence-corrected chi connectivity index (χ1v) is 5.70. The summed E-state index contributed by atoms with van der Waals surface area (Å²) in [5.41, 5.74) is -0.163. The van der Waals surface area contributed by atoms with E-state index in [0.717, 1.165) is 12.1 Å². The van der Waals surface area contributed by atoms with Crippen molar-refractivity contribution in [3.63, 3.8) is 0 Å². The van der Waals surface area contributed by atoms with Crippen LogP contribution in [0, 0.1) is 5.92 Å². The Morgan fingerprint density at radius 1 is 1.25 bits per heavy atom. The molecule has 0 spiro atoms. The number of benzene rings is 1. The Bertz CT molecular complexity index is 361. The van der Waals surface area contributed by atoms with Crippen LogP contribution in [0.15, 0.2) is 22.7 Å². The highest BCUT2D eigenvalue weighted by Gasteiger charge is 2.31. The highest BCUT2D eigenvalue weighted by atomic mass is 79.9. The summed E-state index contributed by atoms with van der Waals surface area (Å²) in [6, 6.07) is 3.82. The van der Waals surface area contributed by atoms with Gasteiger partial charge >= 0.3 is 6.18 Å². The van der Waals surface area contributed by atoms with Crippen LogP contribution >= 0.6 is 15.9 Å². The molecule has 16 heavy (non-hydrogen) atoms. The van der Waals surface area contributed by atoms with Crippen molar-refractivity contribution in [2.45, 2.75) is 20.0 Å². The average molecular weight is 296 g/mol. The Balaban J connectivity index is 2.90. The van der Waals surface area contributed by atoms with Crippen LogP contribution < -0.4 is 5.32 Å². The molecule has 1 N–H and O–H groups in total. The number of rotatable bonds is 3. The Morgan fingerprint density at radius 2 is 1.88 bits per heavy atom. The molecule has 0 heterocycles. The van der Waals surface area contributed by atoms with Crippen molar-refractivity contribution in [1.82, 2.24) is 0 Å². The highest BCUT2D eigenvalue weighted by molar-refractivity contribution is 9.10. The molecule has 0 saturated carbocycles. The summed E-state index contributed by atoms with van der Waals surface area (Å²) < 4.78 is 37.9. The molecular weight excluding hydrogens is 283 g/mol. The van der Waals surface area contributed by atoms with Gasteiger partial charge in [0.15, 0.2) is 0 Å². The maximum absolute atomic E-state index is 12.5. The lowest BCUT2D eigenvalue weighted by Gasteiger charge is -2.13. The monoisotopic (exact) mass is 295 g/mol. The van der Waals surface area contributed by atoms with E-state index >= 15 is 0 Å². The Kier molecular flexibility index (Phi) is 4.24. The topological polar surface area (TPSA) is 12.0 Å². The van der Waals surface area contributed by atoms with Crippen LogP contribution in [0.1, 0.15) is 19.4 Å². The fraction of sp³-hybridized carbons (Fsp3) is 0.455. The minimum absolute atomic E-state index is 0.383. The lowest BCUT2D eigenvalue weighted by molar-refractivity contribution is -0.137. The van der Waals surface area contributed by atoms with E-state index < -0.39 is 11.7 Å². The summed E-state index contributed by atoms with van der Waals surface area (Å²) in [4.78, 5) is 0. The molecule has 0 unspecified atom stereocenters. The second kappa shape index (κ2) is 5.08. The van der Waals surface area contributed by atoms with Gasteiger partial charge in [-0.1, -0.05) is 29.8 Å². The summed E-state index contributed by atoms with van der Waals surface area (Å²) in [5.74, 6) is 0.383. The number of alkyl halides is 3. The zero-order valence-electron chi connectivity index (χ0n) is 9.03. The van der Waals surface area contributed by atoms with Crippen LogP contribution in [0.25, 0.3) is 0 Å². The first kappa shape index (κ1) is 13.4. The van der Waals surface area contributed by atoms with E-state index in [4.69, 9.17) is 0 Å². The van der Waals surface area contributed by atoms with Crippen molar-refractivity contribution in [2.24, 2.45) is 5.92 Å². The van der Waals surface area contributed by atoms with Gasteiger partial charge in [0.2, 0.25) is 0 Å². The standard InChI is InChI=1S/C11H13BrF3N/c1-7(2)6-16-10-4-8(11(13,14)15)3-9(12)5-10/h3-5,7,16H,6H2,1-2H3. The average Bonchev–Trinajstić information content (AvgIpc) is 2.12. The molecule has 1 aromatic rings. The number of nitrogens with one attached hydrogen (secondary N) is 1. The zero-order valence-corrected chi connectivity index (χ0v) is 10.6. The number of hydrogen-bond donors (Lipinski definition) is 1. The first-order valence-electron chi connectivity index (χ1n) is 4.90. The molecule has 0 atom stereocenters. The molecule has 0 fully saturated rings. The van der Waals surface area contributed by atoms with Gasteiger partial charge in [-0.25, -0.2) is 0 Å². The molecule has 0 bridgehead atoms. The molecule has 0 aliphatic rings. The van der Waals surface area contributed by atoms with Gasteiger partial charge in [-0.05, 0) is 24.1 Å². The van der Waals surface area contributed by atoms with Crippen molar-refractivity contribution in [1.29, 1.82) is 0 Å². The van der Waals surface area contributed by atoms with Crippen molar-refractivity contribution < 1.29 is 13.2 Å². The van der Waals surface area contributed by atoms with Crippen LogP contribution in [-0.2, 0) is 6.18 Å². The van der Waals surface area contributed by atoms with Gasteiger partial charge in [0.05, 0.1) is 5.56 Å². The minimum Gasteiger partial charge on any atom is -0.385 e. The smallest absolute Gasteiger partial charge is 0.385 e. The van der Waals surface area contributed by atoms with E-state index in [1.165, 1.54) is 0 Å². The van der Waals surface area contributed by atoms with Crippen LogP contribution in [0.2, 0.25) is 0 Å². The minimum atomic E-state index is -4.31. The normalized spacial score (nSPS) is 11.9. The predicted octanol–water partition coefficient (Wildman–Crippen LogP) is 4.54. The molecule has 5 heteroatoms. The fourth-order valence-corrected chi connectivity index (χ4v) is 1.67. The summed E-state index contributed by atoms with van der Waals surface area (Å²) in [6.45, 7) is 4.64. The molecule has 1 rings (SSSR count). The van der Waals surface area contributed by atoms with Crippen molar-refractivity contribution in [3.8, 4) is 0 Å². The third-order valence-electron chi connectivity index (χ3n) is 1.94. The van der Waals surface area contributed by atoms with E-state index in [1.807, 2.05) is 13.8 Å². The van der Waals surface area contributed by atoms with E-state index in [9.17, 15) is 13.2 Å². The maximum Gasteiger partial charge on any atom is 0.416 e. The number of halogens is 4. The molecule has 0 aromatic heterocycles. The van der Waals surface area contributed by atoms with Gasteiger partial charge < -0.3 is 5.32 Å². The lowest BCUT2D eigenvalue weighted by atomic mass is 10.1. The molecule has 0 amide bonds. The third-order valence-corrected chi connectivity index (χ3v) is 2.40. The zero-order chi connectivity index (χ0) is 12.3. The summed E-state index contributed by atoms with van der Waals surface area (Å²) in [7, 11) is 0. The summed E-state index contributed by atoms with van der Waals surface area (Å²) in [5, 5.41) is 2.97. The molecule has 0 radical (unpaired) electrons. The van der Waals surface area contributed by atoms with Gasteiger partial charge in [-0.2, -0.15) is 13.2 Å². The van der Waals surface area contributed by atoms with Gasteiger partial charge in [-0.15, -0.1) is 0 Å². The largest absolute Gasteiger partial charge is 0.416 e. The van der Waals surface area contributed by atoms with Gasteiger partial charge in [0.25, 0.3) is 0 Å². The van der Waals surface area contributed by atoms with E-state index in [1.54, 1.807) is 6.07 Å². The quantitative estimate of drug-likeness (QED) is 0.863. The van der Waals surface area contributed by atoms with Crippen molar-refractivity contribution >= 4 is 21.6 Å². The lowest BCUT2D eigenvalue weighted by Crippen LogP contribution is -2.10. The number of hydrogen-bond acceptors (Lipinski definition) is 1. The van der Waals surface area contributed by atoms with Gasteiger partial charge in [0, 0.05) is 16.7 Å². The number of anilines is 1. The Morgan fingerprint density at radius 3 is 2.38 bits per heavy atom. The highest BCUT2D eigenvalue weighted by Crippen LogP contribution is 2.33. The fourth-order valence-electron chi connectivity index (χ4n) is 1.18. The third kappa shape index (κ3) is 4.04. The van der Waals surface area contributed by atoms with Crippen LogP contribution in [0.3, 0.4) is 0 Å². The van der Waals surface area contributed by atoms with E-state index in [2.05, 4.69) is 21.2 Å². The molecule has 0 aliphatic heterocycles. The SMILES string of the molecule is CC(C)CNc1cc(Br)cc(C(F)(F)F)c1. The molecular formula is C11H13BrF3N. The van der Waals surface area contributed by atoms with Crippen molar-refractivity contribution in [3.05, 3.63) is 28.2 Å². The van der Waals surface area contributed by atoms with Crippen LogP contribution in [-0.4, -0.2) is 6.54 Å². The van der Waals surface area contributed by atoms with Gasteiger partial charge in [-0.3, -0.25) is 0 Å².